The predicted octanol–water partition coefficient (Wildman–Crippen LogP) is 2.02. The van der Waals surface area contributed by atoms with Crippen molar-refractivity contribution in [3.8, 4) is 0 Å². The van der Waals surface area contributed by atoms with E-state index in [2.05, 4.69) is 5.32 Å². The molecule has 1 heterocycles. The fourth-order valence-electron chi connectivity index (χ4n) is 1.71. The first-order chi connectivity index (χ1) is 9.76. The first-order valence-corrected chi connectivity index (χ1v) is 9.15. The largest absolute Gasteiger partial charge is 0.396 e. The molecule has 0 saturated heterocycles. The molecule has 0 radical (unpaired) electrons. The van der Waals surface area contributed by atoms with Gasteiger partial charge in [-0.25, -0.2) is 8.42 Å². The number of hydrogen-bond acceptors (Lipinski definition) is 7. The number of carbonyl (C=O) groups is 1. The molecular formula is C13H22N2O4S2. The second-order valence-electron chi connectivity index (χ2n) is 4.85. The smallest absolute Gasteiger partial charge is 0.183 e. The van der Waals surface area contributed by atoms with E-state index in [-0.39, 0.29) is 28.0 Å². The van der Waals surface area contributed by atoms with E-state index in [1.807, 2.05) is 0 Å². The van der Waals surface area contributed by atoms with Crippen molar-refractivity contribution in [1.29, 1.82) is 0 Å². The van der Waals surface area contributed by atoms with Crippen LogP contribution in [0.1, 0.15) is 30.4 Å². The van der Waals surface area contributed by atoms with Gasteiger partial charge in [-0.15, -0.1) is 11.3 Å². The fraction of sp³-hybridized carbons (Fsp3) is 0.615. The third-order valence-electron chi connectivity index (χ3n) is 2.93. The summed E-state index contributed by atoms with van der Waals surface area (Å²) in [6.07, 6.45) is 0. The SMILES string of the molecule is CCS(=O)(=O)c1c(NCCOC)sc(C(=O)C(C)C)c1N. The van der Waals surface area contributed by atoms with Gasteiger partial charge in [-0.2, -0.15) is 0 Å². The van der Waals surface area contributed by atoms with Crippen molar-refractivity contribution in [1.82, 2.24) is 0 Å². The van der Waals surface area contributed by atoms with Crippen molar-refractivity contribution in [2.24, 2.45) is 5.92 Å². The first-order valence-electron chi connectivity index (χ1n) is 6.68. The minimum absolute atomic E-state index is 0.0371. The number of Topliss-reactive ketones (excluding diaryl/α,β-unsaturated/α-hetero) is 1. The van der Waals surface area contributed by atoms with E-state index >= 15 is 0 Å². The number of nitrogens with one attached hydrogen (secondary N) is 1. The Morgan fingerprint density at radius 3 is 2.52 bits per heavy atom. The average molecular weight is 334 g/mol. The molecule has 6 nitrogen and oxygen atoms in total. The minimum Gasteiger partial charge on any atom is -0.396 e. The van der Waals surface area contributed by atoms with Gasteiger partial charge in [0.25, 0.3) is 0 Å². The van der Waals surface area contributed by atoms with Gasteiger partial charge in [-0.05, 0) is 0 Å². The summed E-state index contributed by atoms with van der Waals surface area (Å²) in [5, 5.41) is 3.40. The third kappa shape index (κ3) is 3.96. The molecule has 0 aliphatic rings. The van der Waals surface area contributed by atoms with Gasteiger partial charge in [-0.3, -0.25) is 4.79 Å². The summed E-state index contributed by atoms with van der Waals surface area (Å²) in [6, 6.07) is 0. The standard InChI is InChI=1S/C13H22N2O4S2/c1-5-21(17,18)12-9(14)11(10(16)8(2)3)20-13(12)15-6-7-19-4/h8,15H,5-7,14H2,1-4H3. The van der Waals surface area contributed by atoms with E-state index in [9.17, 15) is 13.2 Å². The minimum atomic E-state index is -3.51. The van der Waals surface area contributed by atoms with Crippen LogP contribution < -0.4 is 11.1 Å². The van der Waals surface area contributed by atoms with Crippen LogP contribution in [0.4, 0.5) is 10.7 Å². The van der Waals surface area contributed by atoms with Crippen molar-refractivity contribution in [3.63, 3.8) is 0 Å². The number of carbonyl (C=O) groups excluding carboxylic acids is 1. The van der Waals surface area contributed by atoms with E-state index in [0.29, 0.717) is 23.0 Å². The zero-order valence-corrected chi connectivity index (χ0v) is 14.4. The molecular weight excluding hydrogens is 312 g/mol. The van der Waals surface area contributed by atoms with Crippen LogP contribution >= 0.6 is 11.3 Å². The quantitative estimate of drug-likeness (QED) is 0.557. The van der Waals surface area contributed by atoms with Crippen molar-refractivity contribution >= 4 is 37.6 Å². The van der Waals surface area contributed by atoms with Crippen LogP contribution in [0.5, 0.6) is 0 Å². The number of rotatable bonds is 8. The zero-order valence-electron chi connectivity index (χ0n) is 12.7. The molecule has 0 spiro atoms. The molecule has 0 unspecified atom stereocenters. The molecule has 21 heavy (non-hydrogen) atoms. The Morgan fingerprint density at radius 1 is 1.43 bits per heavy atom. The second-order valence-corrected chi connectivity index (χ2v) is 8.08. The number of sulfone groups is 1. The second kappa shape index (κ2) is 7.24. The highest BCUT2D eigenvalue weighted by Gasteiger charge is 2.29. The lowest BCUT2D eigenvalue weighted by Gasteiger charge is -2.07. The summed E-state index contributed by atoms with van der Waals surface area (Å²) in [6.45, 7) is 5.94. The number of nitrogen functional groups attached to an aromatic ring is 1. The Labute approximate surface area is 129 Å². The lowest BCUT2D eigenvalue weighted by Crippen LogP contribution is -2.12. The average Bonchev–Trinajstić information content (AvgIpc) is 2.75. The molecule has 0 aliphatic carbocycles. The molecule has 0 amide bonds. The van der Waals surface area contributed by atoms with E-state index < -0.39 is 9.84 Å². The normalized spacial score (nSPS) is 11.9. The summed E-state index contributed by atoms with van der Waals surface area (Å²) in [5.41, 5.74) is 6.00. The number of ether oxygens (including phenoxy) is 1. The summed E-state index contributed by atoms with van der Waals surface area (Å²) in [5.74, 6) is -0.456. The van der Waals surface area contributed by atoms with Gasteiger partial charge in [0.2, 0.25) is 0 Å². The first kappa shape index (κ1) is 17.9. The lowest BCUT2D eigenvalue weighted by molar-refractivity contribution is 0.0944. The van der Waals surface area contributed by atoms with E-state index in [1.165, 1.54) is 0 Å². The monoisotopic (exact) mass is 334 g/mol. The number of thiophene rings is 1. The lowest BCUT2D eigenvalue weighted by atomic mass is 10.1. The van der Waals surface area contributed by atoms with Crippen molar-refractivity contribution in [2.45, 2.75) is 25.7 Å². The number of anilines is 2. The van der Waals surface area contributed by atoms with E-state index in [4.69, 9.17) is 10.5 Å². The molecule has 0 fully saturated rings. The van der Waals surface area contributed by atoms with Crippen molar-refractivity contribution < 1.29 is 17.9 Å². The van der Waals surface area contributed by atoms with Gasteiger partial charge in [0, 0.05) is 19.6 Å². The van der Waals surface area contributed by atoms with E-state index in [0.717, 1.165) is 11.3 Å². The summed E-state index contributed by atoms with van der Waals surface area (Å²) < 4.78 is 29.4. The molecule has 1 aromatic heterocycles. The van der Waals surface area contributed by atoms with Gasteiger partial charge in [0.15, 0.2) is 15.6 Å². The summed E-state index contributed by atoms with van der Waals surface area (Å²) >= 11 is 1.09. The van der Waals surface area contributed by atoms with Crippen LogP contribution in [-0.4, -0.2) is 40.2 Å². The maximum absolute atomic E-state index is 12.2. The Morgan fingerprint density at radius 2 is 2.05 bits per heavy atom. The molecule has 1 aromatic rings. The van der Waals surface area contributed by atoms with Gasteiger partial charge < -0.3 is 15.8 Å². The topological polar surface area (TPSA) is 98.5 Å². The summed E-state index contributed by atoms with van der Waals surface area (Å²) in [4.78, 5) is 12.5. The maximum Gasteiger partial charge on any atom is 0.183 e. The number of hydrogen-bond donors (Lipinski definition) is 2. The predicted molar refractivity (Wildman–Crippen MR) is 86.0 cm³/mol. The Kier molecular flexibility index (Phi) is 6.18. The highest BCUT2D eigenvalue weighted by Crippen LogP contribution is 2.40. The third-order valence-corrected chi connectivity index (χ3v) is 6.04. The van der Waals surface area contributed by atoms with Crippen LogP contribution in [0.3, 0.4) is 0 Å². The zero-order chi connectivity index (χ0) is 16.2. The molecule has 120 valence electrons. The Bertz CT molecular complexity index is 606. The molecule has 0 saturated carbocycles. The summed E-state index contributed by atoms with van der Waals surface area (Å²) in [7, 11) is -1.95. The highest BCUT2D eigenvalue weighted by atomic mass is 32.2. The number of methoxy groups -OCH3 is 1. The molecule has 0 bridgehead atoms. The van der Waals surface area contributed by atoms with Crippen LogP contribution in [0, 0.1) is 5.92 Å². The van der Waals surface area contributed by atoms with Gasteiger partial charge in [0.1, 0.15) is 9.90 Å². The maximum atomic E-state index is 12.2. The molecule has 0 aliphatic heterocycles. The van der Waals surface area contributed by atoms with Crippen LogP contribution in [-0.2, 0) is 14.6 Å². The molecule has 1 rings (SSSR count). The van der Waals surface area contributed by atoms with Gasteiger partial charge >= 0.3 is 0 Å². The molecule has 8 heteroatoms. The molecule has 0 atom stereocenters. The van der Waals surface area contributed by atoms with Crippen LogP contribution in [0.25, 0.3) is 0 Å². The van der Waals surface area contributed by atoms with Gasteiger partial charge in [0.05, 0.1) is 22.9 Å². The van der Waals surface area contributed by atoms with Crippen LogP contribution in [0.15, 0.2) is 4.90 Å². The molecule has 3 N–H and O–H groups in total. The molecule has 0 aromatic carbocycles. The fourth-order valence-corrected chi connectivity index (χ4v) is 4.49. The Balaban J connectivity index is 3.34. The van der Waals surface area contributed by atoms with Gasteiger partial charge in [-0.1, -0.05) is 20.8 Å². The van der Waals surface area contributed by atoms with E-state index in [1.54, 1.807) is 27.9 Å². The number of ketones is 1. The Hall–Kier alpha value is -1.12. The van der Waals surface area contributed by atoms with Crippen LogP contribution in [0.2, 0.25) is 0 Å². The van der Waals surface area contributed by atoms with Crippen molar-refractivity contribution in [3.05, 3.63) is 4.88 Å². The number of nitrogens with two attached hydrogens (primary N) is 1. The van der Waals surface area contributed by atoms with Crippen molar-refractivity contribution in [2.75, 3.05) is 37.1 Å². The highest BCUT2D eigenvalue weighted by molar-refractivity contribution is 7.91.